The van der Waals surface area contributed by atoms with Crippen LogP contribution in [0.1, 0.15) is 35.6 Å². The van der Waals surface area contributed by atoms with Crippen LogP contribution in [0, 0.1) is 13.8 Å². The fourth-order valence-electron chi connectivity index (χ4n) is 2.81. The van der Waals surface area contributed by atoms with Crippen LogP contribution in [0.5, 0.6) is 0 Å². The summed E-state index contributed by atoms with van der Waals surface area (Å²) in [5.41, 5.74) is 3.42. The van der Waals surface area contributed by atoms with Crippen LogP contribution in [0.25, 0.3) is 0 Å². The summed E-state index contributed by atoms with van der Waals surface area (Å²) >= 11 is 0. The lowest BCUT2D eigenvalue weighted by Crippen LogP contribution is -2.32. The minimum atomic E-state index is -0.426. The normalized spacial score (nSPS) is 21.0. The number of hydrogen-bond donors (Lipinski definition) is 1. The number of aliphatic hydroxyl groups is 1. The summed E-state index contributed by atoms with van der Waals surface area (Å²) in [6, 6.07) is 6.27. The van der Waals surface area contributed by atoms with Gasteiger partial charge in [-0.25, -0.2) is 0 Å². The van der Waals surface area contributed by atoms with Crippen molar-refractivity contribution in [2.45, 2.75) is 38.9 Å². The molecule has 2 unspecified atom stereocenters. The Labute approximate surface area is 116 Å². The zero-order chi connectivity index (χ0) is 13.8. The molecule has 1 aromatic carbocycles. The first kappa shape index (κ1) is 14.5. The van der Waals surface area contributed by atoms with Crippen LogP contribution in [0.4, 0.5) is 0 Å². The van der Waals surface area contributed by atoms with E-state index >= 15 is 0 Å². The van der Waals surface area contributed by atoms with Gasteiger partial charge in [0.05, 0.1) is 12.2 Å². The van der Waals surface area contributed by atoms with Gasteiger partial charge in [-0.3, -0.25) is 0 Å². The van der Waals surface area contributed by atoms with Gasteiger partial charge in [-0.05, 0) is 39.3 Å². The topological polar surface area (TPSA) is 32.7 Å². The molecule has 1 aromatic rings. The third-order valence-corrected chi connectivity index (χ3v) is 3.65. The summed E-state index contributed by atoms with van der Waals surface area (Å²) in [6.45, 7) is 6.58. The monoisotopic (exact) mass is 263 g/mol. The molecule has 1 aliphatic rings. The number of hydrogen-bond acceptors (Lipinski definition) is 3. The highest BCUT2D eigenvalue weighted by Crippen LogP contribution is 2.19. The second kappa shape index (κ2) is 6.51. The molecule has 1 aliphatic heterocycles. The maximum Gasteiger partial charge on any atom is 0.0917 e. The number of benzene rings is 1. The molecule has 0 amide bonds. The van der Waals surface area contributed by atoms with E-state index in [9.17, 15) is 5.11 Å². The Kier molecular flexibility index (Phi) is 4.97. The van der Waals surface area contributed by atoms with Gasteiger partial charge in [0.25, 0.3) is 0 Å². The Morgan fingerprint density at radius 3 is 2.58 bits per heavy atom. The van der Waals surface area contributed by atoms with Crippen molar-refractivity contribution in [3.05, 3.63) is 34.9 Å². The van der Waals surface area contributed by atoms with E-state index in [2.05, 4.69) is 36.9 Å². The van der Waals surface area contributed by atoms with E-state index in [0.717, 1.165) is 31.6 Å². The highest BCUT2D eigenvalue weighted by atomic mass is 16.5. The minimum Gasteiger partial charge on any atom is -0.387 e. The van der Waals surface area contributed by atoms with Gasteiger partial charge in [0, 0.05) is 19.7 Å². The summed E-state index contributed by atoms with van der Waals surface area (Å²) in [5, 5.41) is 10.3. The van der Waals surface area contributed by atoms with Crippen molar-refractivity contribution in [3.63, 3.8) is 0 Å². The van der Waals surface area contributed by atoms with Gasteiger partial charge in [-0.2, -0.15) is 0 Å². The van der Waals surface area contributed by atoms with Gasteiger partial charge in [0.2, 0.25) is 0 Å². The van der Waals surface area contributed by atoms with Crippen molar-refractivity contribution in [1.82, 2.24) is 4.90 Å². The zero-order valence-electron chi connectivity index (χ0n) is 12.2. The van der Waals surface area contributed by atoms with Crippen LogP contribution < -0.4 is 0 Å². The molecule has 2 rings (SSSR count). The first-order valence-electron chi connectivity index (χ1n) is 7.11. The molecule has 1 heterocycles. The molecule has 0 bridgehead atoms. The molecule has 106 valence electrons. The van der Waals surface area contributed by atoms with Crippen LogP contribution in [-0.2, 0) is 4.74 Å². The molecular weight excluding hydrogens is 238 g/mol. The minimum absolute atomic E-state index is 0.344. The average Bonchev–Trinajstić information content (AvgIpc) is 2.80. The molecule has 1 N–H and O–H groups in total. The third kappa shape index (κ3) is 4.30. The predicted molar refractivity (Wildman–Crippen MR) is 77.3 cm³/mol. The number of ether oxygens (including phenoxy) is 1. The molecule has 3 nitrogen and oxygen atoms in total. The van der Waals surface area contributed by atoms with Gasteiger partial charge in [-0.1, -0.05) is 29.3 Å². The van der Waals surface area contributed by atoms with E-state index in [-0.39, 0.29) is 0 Å². The molecule has 19 heavy (non-hydrogen) atoms. The summed E-state index contributed by atoms with van der Waals surface area (Å²) in [4.78, 5) is 2.16. The average molecular weight is 263 g/mol. The van der Waals surface area contributed by atoms with Crippen molar-refractivity contribution in [3.8, 4) is 0 Å². The summed E-state index contributed by atoms with van der Waals surface area (Å²) in [5.74, 6) is 0. The molecule has 0 radical (unpaired) electrons. The second-order valence-electron chi connectivity index (χ2n) is 5.79. The van der Waals surface area contributed by atoms with Gasteiger partial charge < -0.3 is 14.7 Å². The predicted octanol–water partition coefficient (Wildman–Crippen LogP) is 2.45. The van der Waals surface area contributed by atoms with Crippen molar-refractivity contribution in [2.24, 2.45) is 0 Å². The second-order valence-corrected chi connectivity index (χ2v) is 5.79. The fourth-order valence-corrected chi connectivity index (χ4v) is 2.81. The van der Waals surface area contributed by atoms with E-state index < -0.39 is 6.10 Å². The number of aryl methyl sites for hydroxylation is 2. The Hall–Kier alpha value is -0.900. The van der Waals surface area contributed by atoms with E-state index in [1.807, 2.05) is 7.05 Å². The van der Waals surface area contributed by atoms with E-state index in [4.69, 9.17) is 4.74 Å². The molecule has 0 saturated carbocycles. The molecule has 3 heteroatoms. The maximum atomic E-state index is 10.3. The van der Waals surface area contributed by atoms with Crippen LogP contribution in [-0.4, -0.2) is 42.9 Å². The molecule has 0 aliphatic carbocycles. The Balaban J connectivity index is 1.90. The van der Waals surface area contributed by atoms with Gasteiger partial charge in [0.1, 0.15) is 0 Å². The quantitative estimate of drug-likeness (QED) is 0.885. The summed E-state index contributed by atoms with van der Waals surface area (Å²) in [7, 11) is 2.05. The van der Waals surface area contributed by atoms with Gasteiger partial charge in [-0.15, -0.1) is 0 Å². The Morgan fingerprint density at radius 1 is 1.32 bits per heavy atom. The number of rotatable bonds is 5. The third-order valence-electron chi connectivity index (χ3n) is 3.65. The highest BCUT2D eigenvalue weighted by Gasteiger charge is 2.19. The van der Waals surface area contributed by atoms with Crippen LogP contribution in [0.15, 0.2) is 18.2 Å². The van der Waals surface area contributed by atoms with E-state index in [0.29, 0.717) is 12.6 Å². The standard InChI is InChI=1S/C16H25NO2/c1-12-7-13(2)9-14(8-12)16(18)11-17(3)10-15-5-4-6-19-15/h7-9,15-16,18H,4-6,10-11H2,1-3H3. The van der Waals surface area contributed by atoms with Crippen molar-refractivity contribution >= 4 is 0 Å². The zero-order valence-corrected chi connectivity index (χ0v) is 12.2. The molecule has 1 fully saturated rings. The Morgan fingerprint density at radius 2 is 2.00 bits per heavy atom. The lowest BCUT2D eigenvalue weighted by Gasteiger charge is -2.23. The van der Waals surface area contributed by atoms with E-state index in [1.54, 1.807) is 0 Å². The molecular formula is C16H25NO2. The fraction of sp³-hybridized carbons (Fsp3) is 0.625. The Bertz CT molecular complexity index is 393. The van der Waals surface area contributed by atoms with Gasteiger partial charge in [0.15, 0.2) is 0 Å². The van der Waals surface area contributed by atoms with E-state index in [1.165, 1.54) is 11.1 Å². The SMILES string of the molecule is Cc1cc(C)cc(C(O)CN(C)CC2CCCO2)c1. The first-order chi connectivity index (χ1) is 9.04. The van der Waals surface area contributed by atoms with Crippen LogP contribution in [0.3, 0.4) is 0 Å². The number of aliphatic hydroxyl groups excluding tert-OH is 1. The smallest absolute Gasteiger partial charge is 0.0917 e. The summed E-state index contributed by atoms with van der Waals surface area (Å²) < 4.78 is 5.63. The van der Waals surface area contributed by atoms with Gasteiger partial charge >= 0.3 is 0 Å². The molecule has 0 aromatic heterocycles. The van der Waals surface area contributed by atoms with Crippen LogP contribution >= 0.6 is 0 Å². The van der Waals surface area contributed by atoms with Crippen molar-refractivity contribution in [2.75, 3.05) is 26.7 Å². The molecule has 0 spiro atoms. The lowest BCUT2D eigenvalue weighted by atomic mass is 10.0. The molecule has 2 atom stereocenters. The highest BCUT2D eigenvalue weighted by molar-refractivity contribution is 5.30. The van der Waals surface area contributed by atoms with Crippen LogP contribution in [0.2, 0.25) is 0 Å². The first-order valence-corrected chi connectivity index (χ1v) is 7.11. The summed E-state index contributed by atoms with van der Waals surface area (Å²) in [6.07, 6.45) is 2.23. The number of nitrogens with zero attached hydrogens (tertiary/aromatic N) is 1. The largest absolute Gasteiger partial charge is 0.387 e. The van der Waals surface area contributed by atoms with Crippen molar-refractivity contribution in [1.29, 1.82) is 0 Å². The lowest BCUT2D eigenvalue weighted by molar-refractivity contribution is 0.0602. The van der Waals surface area contributed by atoms with Crippen molar-refractivity contribution < 1.29 is 9.84 Å². The molecule has 1 saturated heterocycles. The number of likely N-dealkylation sites (N-methyl/N-ethyl adjacent to an activating group) is 1. The maximum absolute atomic E-state index is 10.3.